The molecule has 1 heterocycles. The van der Waals surface area contributed by atoms with E-state index >= 15 is 0 Å². The van der Waals surface area contributed by atoms with Crippen molar-refractivity contribution in [3.05, 3.63) is 18.2 Å². The number of anilines is 2. The van der Waals surface area contributed by atoms with Crippen LogP contribution in [0.25, 0.3) is 0 Å². The third-order valence-corrected chi connectivity index (χ3v) is 4.77. The molecule has 1 saturated heterocycles. The molecule has 1 aromatic carbocycles. The lowest BCUT2D eigenvalue weighted by atomic mass is 9.97. The highest BCUT2D eigenvalue weighted by atomic mass is 16.6. The van der Waals surface area contributed by atoms with E-state index in [2.05, 4.69) is 10.6 Å². The molecule has 0 radical (unpaired) electrons. The second-order valence-corrected chi connectivity index (χ2v) is 8.44. The lowest BCUT2D eigenvalue weighted by Crippen LogP contribution is -2.45. The Balaban J connectivity index is 2.02. The molecule has 0 unspecified atom stereocenters. The molecule has 2 N–H and O–H groups in total. The second-order valence-electron chi connectivity index (χ2n) is 8.44. The molecule has 0 saturated carbocycles. The summed E-state index contributed by atoms with van der Waals surface area (Å²) in [7, 11) is 3.28. The van der Waals surface area contributed by atoms with Crippen molar-refractivity contribution in [1.82, 2.24) is 4.90 Å². The normalized spacial score (nSPS) is 16.7. The van der Waals surface area contributed by atoms with Gasteiger partial charge >= 0.3 is 6.09 Å². The number of hydrogen-bond acceptors (Lipinski definition) is 6. The number of nitrogens with one attached hydrogen (secondary N) is 2. The fourth-order valence-electron chi connectivity index (χ4n) is 3.26. The van der Waals surface area contributed by atoms with E-state index in [-0.39, 0.29) is 17.9 Å². The van der Waals surface area contributed by atoms with E-state index in [0.29, 0.717) is 37.7 Å². The Kier molecular flexibility index (Phi) is 8.77. The maximum atomic E-state index is 12.9. The topological polar surface area (TPSA) is 89.1 Å². The van der Waals surface area contributed by atoms with Crippen LogP contribution in [0.3, 0.4) is 0 Å². The van der Waals surface area contributed by atoms with Crippen molar-refractivity contribution in [2.45, 2.75) is 45.6 Å². The molecule has 1 atom stereocenters. The van der Waals surface area contributed by atoms with Crippen LogP contribution < -0.4 is 15.4 Å². The Morgan fingerprint density at radius 3 is 2.63 bits per heavy atom. The first-order chi connectivity index (χ1) is 14.2. The van der Waals surface area contributed by atoms with Gasteiger partial charge in [-0.05, 0) is 52.2 Å². The van der Waals surface area contributed by atoms with Gasteiger partial charge in [0, 0.05) is 39.4 Å². The third-order valence-electron chi connectivity index (χ3n) is 4.77. The van der Waals surface area contributed by atoms with E-state index in [4.69, 9.17) is 14.2 Å². The molecular formula is C22H35N3O5. The maximum absolute atomic E-state index is 12.9. The van der Waals surface area contributed by atoms with Crippen LogP contribution in [-0.4, -0.2) is 63.0 Å². The number of likely N-dealkylation sites (tertiary alicyclic amines) is 1. The summed E-state index contributed by atoms with van der Waals surface area (Å²) in [6.45, 7) is 7.83. The van der Waals surface area contributed by atoms with Crippen LogP contribution >= 0.6 is 0 Å². The largest absolute Gasteiger partial charge is 0.497 e. The van der Waals surface area contributed by atoms with E-state index in [0.717, 1.165) is 24.9 Å². The molecule has 1 aliphatic rings. The Labute approximate surface area is 179 Å². The molecule has 0 spiro atoms. The van der Waals surface area contributed by atoms with Gasteiger partial charge in [-0.15, -0.1) is 0 Å². The Hall–Kier alpha value is -2.48. The Bertz CT molecular complexity index is 717. The van der Waals surface area contributed by atoms with Gasteiger partial charge < -0.3 is 29.7 Å². The van der Waals surface area contributed by atoms with E-state index in [1.807, 2.05) is 39.0 Å². The minimum Gasteiger partial charge on any atom is -0.497 e. The lowest BCUT2D eigenvalue weighted by Gasteiger charge is -2.33. The first-order valence-electron chi connectivity index (χ1n) is 10.4. The number of carbonyl (C=O) groups is 2. The van der Waals surface area contributed by atoms with Gasteiger partial charge in [0.05, 0.1) is 24.4 Å². The first kappa shape index (κ1) is 23.8. The highest BCUT2D eigenvalue weighted by Gasteiger charge is 2.31. The van der Waals surface area contributed by atoms with E-state index < -0.39 is 5.60 Å². The van der Waals surface area contributed by atoms with Crippen molar-refractivity contribution in [1.29, 1.82) is 0 Å². The SMILES string of the molecule is COCCCNc1cc(OC)ccc1NC(=O)[C@@H]1CCCN(C(=O)OC(C)(C)C)C1. The maximum Gasteiger partial charge on any atom is 0.410 e. The van der Waals surface area contributed by atoms with E-state index in [1.165, 1.54) is 0 Å². The van der Waals surface area contributed by atoms with Gasteiger partial charge in [0.25, 0.3) is 0 Å². The number of carbonyl (C=O) groups excluding carboxylic acids is 2. The highest BCUT2D eigenvalue weighted by molar-refractivity contribution is 5.96. The van der Waals surface area contributed by atoms with E-state index in [1.54, 1.807) is 19.1 Å². The molecule has 2 amide bonds. The average Bonchev–Trinajstić information content (AvgIpc) is 2.71. The van der Waals surface area contributed by atoms with Gasteiger partial charge in [-0.3, -0.25) is 4.79 Å². The number of hydrogen-bond donors (Lipinski definition) is 2. The zero-order chi connectivity index (χ0) is 22.1. The van der Waals surface area contributed by atoms with Gasteiger partial charge in [-0.2, -0.15) is 0 Å². The number of ether oxygens (including phenoxy) is 3. The number of nitrogens with zero attached hydrogens (tertiary/aromatic N) is 1. The van der Waals surface area contributed by atoms with Crippen molar-refractivity contribution in [2.75, 3.05) is 51.1 Å². The number of methoxy groups -OCH3 is 2. The monoisotopic (exact) mass is 421 g/mol. The van der Waals surface area contributed by atoms with Gasteiger partial charge in [-0.25, -0.2) is 4.79 Å². The Morgan fingerprint density at radius 1 is 1.20 bits per heavy atom. The summed E-state index contributed by atoms with van der Waals surface area (Å²) < 4.78 is 15.8. The molecule has 0 bridgehead atoms. The van der Waals surface area contributed by atoms with Crippen molar-refractivity contribution in [2.24, 2.45) is 5.92 Å². The minimum absolute atomic E-state index is 0.103. The van der Waals surface area contributed by atoms with Gasteiger partial charge in [-0.1, -0.05) is 0 Å². The predicted octanol–water partition coefficient (Wildman–Crippen LogP) is 3.73. The quantitative estimate of drug-likeness (QED) is 0.622. The zero-order valence-electron chi connectivity index (χ0n) is 18.7. The summed E-state index contributed by atoms with van der Waals surface area (Å²) in [6.07, 6.45) is 1.97. The van der Waals surface area contributed by atoms with Gasteiger partial charge in [0.1, 0.15) is 11.4 Å². The molecule has 30 heavy (non-hydrogen) atoms. The second kappa shape index (κ2) is 11.1. The molecule has 1 fully saturated rings. The van der Waals surface area contributed by atoms with Crippen LogP contribution in [0.4, 0.5) is 16.2 Å². The van der Waals surface area contributed by atoms with Crippen molar-refractivity contribution in [3.8, 4) is 5.75 Å². The highest BCUT2D eigenvalue weighted by Crippen LogP contribution is 2.29. The van der Waals surface area contributed by atoms with Crippen molar-refractivity contribution in [3.63, 3.8) is 0 Å². The van der Waals surface area contributed by atoms with Gasteiger partial charge in [0.2, 0.25) is 5.91 Å². The molecule has 8 nitrogen and oxygen atoms in total. The van der Waals surface area contributed by atoms with Crippen molar-refractivity contribution < 1.29 is 23.8 Å². The lowest BCUT2D eigenvalue weighted by molar-refractivity contribution is -0.121. The number of amides is 2. The standard InChI is InChI=1S/C22H35N3O5/c1-22(2,3)30-21(27)25-12-6-8-16(15-25)20(26)24-18-10-9-17(29-5)14-19(18)23-11-7-13-28-4/h9-10,14,16,23H,6-8,11-13,15H2,1-5H3,(H,24,26)/t16-/m1/s1. The minimum atomic E-state index is -0.557. The summed E-state index contributed by atoms with van der Waals surface area (Å²) in [5.41, 5.74) is 0.921. The molecule has 1 aromatic rings. The van der Waals surface area contributed by atoms with Crippen LogP contribution in [-0.2, 0) is 14.3 Å². The van der Waals surface area contributed by atoms with Crippen LogP contribution in [0.15, 0.2) is 18.2 Å². The average molecular weight is 422 g/mol. The first-order valence-corrected chi connectivity index (χ1v) is 10.4. The summed E-state index contributed by atoms with van der Waals surface area (Å²) in [5, 5.41) is 6.34. The molecule has 8 heteroatoms. The van der Waals surface area contributed by atoms with Crippen LogP contribution in [0, 0.1) is 5.92 Å². The summed E-state index contributed by atoms with van der Waals surface area (Å²) >= 11 is 0. The summed E-state index contributed by atoms with van der Waals surface area (Å²) in [6, 6.07) is 5.49. The van der Waals surface area contributed by atoms with Crippen LogP contribution in [0.1, 0.15) is 40.0 Å². The Morgan fingerprint density at radius 2 is 1.97 bits per heavy atom. The molecule has 2 rings (SSSR count). The summed E-state index contributed by atoms with van der Waals surface area (Å²) in [5.74, 6) is 0.319. The zero-order valence-corrected chi connectivity index (χ0v) is 18.7. The van der Waals surface area contributed by atoms with Crippen LogP contribution in [0.2, 0.25) is 0 Å². The van der Waals surface area contributed by atoms with Crippen LogP contribution in [0.5, 0.6) is 5.75 Å². The predicted molar refractivity (Wildman–Crippen MR) is 117 cm³/mol. The van der Waals surface area contributed by atoms with Crippen molar-refractivity contribution >= 4 is 23.4 Å². The fraction of sp³-hybridized carbons (Fsp3) is 0.636. The molecule has 0 aromatic heterocycles. The molecule has 168 valence electrons. The third kappa shape index (κ3) is 7.40. The number of piperidine rings is 1. The number of rotatable bonds is 8. The summed E-state index contributed by atoms with van der Waals surface area (Å²) in [4.78, 5) is 26.9. The molecule has 1 aliphatic heterocycles. The van der Waals surface area contributed by atoms with Gasteiger partial charge in [0.15, 0.2) is 0 Å². The molecular weight excluding hydrogens is 386 g/mol. The fourth-order valence-corrected chi connectivity index (χ4v) is 3.26. The smallest absolute Gasteiger partial charge is 0.410 e. The number of benzene rings is 1. The van der Waals surface area contributed by atoms with E-state index in [9.17, 15) is 9.59 Å². The molecule has 0 aliphatic carbocycles.